The molecule has 8 atom stereocenters. The fourth-order valence-electron chi connectivity index (χ4n) is 4.93. The lowest BCUT2D eigenvalue weighted by molar-refractivity contribution is -0.347. The summed E-state index contributed by atoms with van der Waals surface area (Å²) in [6, 6.07) is 0. The summed E-state index contributed by atoms with van der Waals surface area (Å²) in [5.41, 5.74) is 4.01. The lowest BCUT2D eigenvalue weighted by Crippen LogP contribution is -2.46. The molecular weight excluding hydrogens is 851 g/mol. The number of aromatic nitrogens is 4. The number of Topliss-reactive ketones (excluding diaryl/α,β-unsaturated/α-hetero) is 1. The molecule has 2 aromatic rings. The molecule has 0 saturated carbocycles. The molecule has 3 unspecified atom stereocenters. The van der Waals surface area contributed by atoms with Crippen molar-refractivity contribution in [2.45, 2.75) is 76.8 Å². The van der Waals surface area contributed by atoms with Gasteiger partial charge in [-0.2, -0.15) is 0 Å². The van der Waals surface area contributed by atoms with E-state index in [4.69, 9.17) is 10.5 Å². The van der Waals surface area contributed by atoms with E-state index in [-0.39, 0.29) is 66.0 Å². The van der Waals surface area contributed by atoms with Crippen molar-refractivity contribution in [1.82, 2.24) is 30.2 Å². The van der Waals surface area contributed by atoms with Gasteiger partial charge in [0.2, 0.25) is 11.8 Å². The first kappa shape index (κ1) is 48.6. The highest BCUT2D eigenvalue weighted by molar-refractivity contribution is 8.13. The summed E-state index contributed by atoms with van der Waals surface area (Å²) in [7, 11) is -17.6. The van der Waals surface area contributed by atoms with Crippen LogP contribution in [0, 0.1) is 5.41 Å². The minimum Gasteiger partial charge on any atom is -0.790 e. The Morgan fingerprint density at radius 2 is 1.70 bits per heavy atom. The van der Waals surface area contributed by atoms with E-state index in [2.05, 4.69) is 43.5 Å². The average Bonchev–Trinajstić information content (AvgIpc) is 3.64. The number of nitrogen functional groups attached to an aromatic ring is 1. The Balaban J connectivity index is 1.47. The Hall–Kier alpha value is -2.81. The van der Waals surface area contributed by atoms with Gasteiger partial charge in [0, 0.05) is 43.5 Å². The number of imidazole rings is 1. The number of ether oxygens (including phenoxy) is 1. The molecule has 0 spiro atoms. The van der Waals surface area contributed by atoms with Crippen molar-refractivity contribution in [2.75, 3.05) is 37.8 Å². The minimum absolute atomic E-state index is 0.0320. The molecule has 1 saturated heterocycles. The van der Waals surface area contributed by atoms with Crippen LogP contribution in [0.2, 0.25) is 0 Å². The van der Waals surface area contributed by atoms with Gasteiger partial charge in [0.05, 0.1) is 33.5 Å². The molecule has 1 aliphatic heterocycles. The van der Waals surface area contributed by atoms with Crippen molar-refractivity contribution < 1.29 is 90.4 Å². The first-order chi connectivity index (χ1) is 26.3. The van der Waals surface area contributed by atoms with Crippen molar-refractivity contribution in [3.8, 4) is 0 Å². The van der Waals surface area contributed by atoms with E-state index in [9.17, 15) is 67.8 Å². The van der Waals surface area contributed by atoms with Crippen molar-refractivity contribution >= 4 is 74.9 Å². The van der Waals surface area contributed by atoms with E-state index in [1.54, 1.807) is 0 Å². The number of phosphoric acid groups is 3. The number of nitrogens with two attached hydrogens (primary N) is 1. The minimum atomic E-state index is -5.93. The van der Waals surface area contributed by atoms with Crippen LogP contribution in [0.25, 0.3) is 11.2 Å². The summed E-state index contributed by atoms with van der Waals surface area (Å²) in [6.45, 7) is 1.09. The number of anilines is 1. The number of nitrogens with zero attached hydrogens (tertiary/aromatic N) is 4. The highest BCUT2D eigenvalue weighted by Gasteiger charge is 2.47. The lowest BCUT2D eigenvalue weighted by Gasteiger charge is -2.36. The molecule has 322 valence electrons. The van der Waals surface area contributed by atoms with Crippen molar-refractivity contribution in [3.05, 3.63) is 12.7 Å². The van der Waals surface area contributed by atoms with E-state index in [1.807, 2.05) is 0 Å². The van der Waals surface area contributed by atoms with Crippen LogP contribution in [-0.4, -0.2) is 120 Å². The molecule has 2 aromatic heterocycles. The summed E-state index contributed by atoms with van der Waals surface area (Å²) in [6.07, 6.45) is -9.24. The van der Waals surface area contributed by atoms with Gasteiger partial charge < -0.3 is 74.1 Å². The largest absolute Gasteiger partial charge is 0.790 e. The van der Waals surface area contributed by atoms with Gasteiger partial charge in [-0.3, -0.25) is 32.9 Å². The van der Waals surface area contributed by atoms with E-state index >= 15 is 0 Å². The molecular formula is C27H40N7O19P3S-4. The van der Waals surface area contributed by atoms with Gasteiger partial charge >= 0.3 is 0 Å². The van der Waals surface area contributed by atoms with Crippen LogP contribution < -0.4 is 35.9 Å². The smallest absolute Gasteiger partial charge is 0.274 e. The maximum absolute atomic E-state index is 12.5. The zero-order chi connectivity index (χ0) is 42.9. The molecule has 2 amide bonds. The quantitative estimate of drug-likeness (QED) is 0.0456. The Morgan fingerprint density at radius 3 is 2.35 bits per heavy atom. The van der Waals surface area contributed by atoms with Crippen LogP contribution in [0.15, 0.2) is 12.7 Å². The fraction of sp³-hybridized carbons (Fsp3) is 0.667. The van der Waals surface area contributed by atoms with Crippen molar-refractivity contribution in [3.63, 3.8) is 0 Å². The number of amides is 2. The number of thioether (sulfide) groups is 1. The van der Waals surface area contributed by atoms with Crippen molar-refractivity contribution in [2.24, 2.45) is 5.41 Å². The van der Waals surface area contributed by atoms with Crippen LogP contribution in [0.1, 0.15) is 46.3 Å². The Labute approximate surface area is 327 Å². The van der Waals surface area contributed by atoms with Gasteiger partial charge in [0.25, 0.3) is 15.6 Å². The first-order valence-electron chi connectivity index (χ1n) is 16.5. The van der Waals surface area contributed by atoms with Gasteiger partial charge in [0.15, 0.2) is 22.8 Å². The van der Waals surface area contributed by atoms with Gasteiger partial charge in [-0.05, 0) is 6.92 Å². The summed E-state index contributed by atoms with van der Waals surface area (Å²) in [5, 5.41) is 35.3. The number of fused-ring (bicyclic) bond motifs is 1. The number of hydrogen-bond acceptors (Lipinski definition) is 24. The molecule has 1 fully saturated rings. The zero-order valence-electron chi connectivity index (χ0n) is 30.3. The Kier molecular flexibility index (Phi) is 17.4. The molecule has 7 N–H and O–H groups in total. The SMILES string of the molecule is CC(=O)CC(O)CC(=O)SCCNC(=O)CCNC(=O)[C@H](O)C(C)(C)COP(=O)([O-])OP(=O)([O-])OC[C@H]1O[C@@H](n2cnc3c(N)ncnc32)[C@H](O)[C@@H]1OP(=O)([O-])[O-]. The van der Waals surface area contributed by atoms with Crippen LogP contribution in [0.4, 0.5) is 5.82 Å². The van der Waals surface area contributed by atoms with Gasteiger partial charge in [-0.25, -0.2) is 19.3 Å². The maximum Gasteiger partial charge on any atom is 0.274 e. The number of nitrogens with one attached hydrogen (secondary N) is 2. The van der Waals surface area contributed by atoms with Gasteiger partial charge in [0.1, 0.15) is 42.0 Å². The third-order valence-electron chi connectivity index (χ3n) is 7.67. The second-order valence-corrected chi connectivity index (χ2v) is 18.2. The number of rotatable bonds is 23. The fourth-order valence-corrected chi connectivity index (χ4v) is 8.41. The number of carbonyl (C=O) groups is 4. The predicted octanol–water partition coefficient (Wildman–Crippen LogP) is -4.13. The predicted molar refractivity (Wildman–Crippen MR) is 184 cm³/mol. The number of aliphatic hydroxyl groups is 3. The van der Waals surface area contributed by atoms with E-state index in [1.165, 1.54) is 20.8 Å². The molecule has 57 heavy (non-hydrogen) atoms. The molecule has 0 aliphatic carbocycles. The van der Waals surface area contributed by atoms with Crippen LogP contribution >= 0.6 is 35.2 Å². The maximum atomic E-state index is 12.5. The molecule has 0 bridgehead atoms. The number of carbonyl (C=O) groups excluding carboxylic acids is 4. The van der Waals surface area contributed by atoms with Crippen LogP contribution in [0.3, 0.4) is 0 Å². The third kappa shape index (κ3) is 15.4. The van der Waals surface area contributed by atoms with Gasteiger partial charge in [-0.15, -0.1) is 0 Å². The van der Waals surface area contributed by atoms with Crippen molar-refractivity contribution in [1.29, 1.82) is 0 Å². The monoisotopic (exact) mass is 891 g/mol. The zero-order valence-corrected chi connectivity index (χ0v) is 33.8. The number of phosphoric ester groups is 3. The highest BCUT2D eigenvalue weighted by Crippen LogP contribution is 2.56. The molecule has 26 nitrogen and oxygen atoms in total. The summed E-state index contributed by atoms with van der Waals surface area (Å²) in [4.78, 5) is 107. The Morgan fingerprint density at radius 1 is 1.04 bits per heavy atom. The molecule has 0 radical (unpaired) electrons. The topological polar surface area (TPSA) is 412 Å². The number of ketones is 1. The average molecular weight is 892 g/mol. The standard InChI is InChI=1S/C27H44N7O19P3S/c1-14(35)8-15(36)9-18(38)57-7-6-29-17(37)4-5-30-25(41)22(40)27(2,3)11-50-56(47,48)53-55(45,46)49-10-16-21(52-54(42,43)44)20(39)26(51-16)34-13-33-19-23(28)31-12-32-24(19)34/h12-13,15-16,20-22,26,36,39-40H,4-11H2,1-3H3,(H,29,37)(H,30,41)(H,45,46)(H,47,48)(H2,28,31,32)(H2,42,43,44)/p-4/t15?,16-,20-,21-,22+,26-/m1/s1. The molecule has 0 aromatic carbocycles. The molecule has 1 aliphatic rings. The summed E-state index contributed by atoms with van der Waals surface area (Å²) >= 11 is 0.843. The van der Waals surface area contributed by atoms with E-state index < -0.39 is 90.7 Å². The van der Waals surface area contributed by atoms with Crippen LogP contribution in [-0.2, 0) is 55.5 Å². The number of aliphatic hydroxyl groups excluding tert-OH is 3. The summed E-state index contributed by atoms with van der Waals surface area (Å²) < 4.78 is 60.4. The highest BCUT2D eigenvalue weighted by atomic mass is 32.2. The Bertz CT molecular complexity index is 1900. The second kappa shape index (κ2) is 20.4. The summed E-state index contributed by atoms with van der Waals surface area (Å²) in [5.74, 6) is -1.78. The molecule has 3 rings (SSSR count). The second-order valence-electron chi connectivity index (χ2n) is 13.0. The first-order valence-corrected chi connectivity index (χ1v) is 21.8. The lowest BCUT2D eigenvalue weighted by atomic mass is 9.87. The third-order valence-corrected chi connectivity index (χ3v) is 11.6. The van der Waals surface area contributed by atoms with Gasteiger partial charge in [-0.1, -0.05) is 25.6 Å². The normalized spacial score (nSPS) is 22.0. The number of hydrogen-bond donors (Lipinski definition) is 6. The molecule has 30 heteroatoms. The van der Waals surface area contributed by atoms with E-state index in [0.717, 1.165) is 29.0 Å². The van der Waals surface area contributed by atoms with Crippen LogP contribution in [0.5, 0.6) is 0 Å². The van der Waals surface area contributed by atoms with E-state index in [0.29, 0.717) is 0 Å². The molecule has 3 heterocycles.